The Bertz CT molecular complexity index is 997. The topological polar surface area (TPSA) is 76.1 Å². The van der Waals surface area contributed by atoms with Crippen molar-refractivity contribution in [2.24, 2.45) is 0 Å². The molecule has 0 fully saturated rings. The van der Waals surface area contributed by atoms with Crippen molar-refractivity contribution in [1.29, 1.82) is 0 Å². The fourth-order valence-corrected chi connectivity index (χ4v) is 4.05. The number of benzene rings is 1. The highest BCUT2D eigenvalue weighted by Gasteiger charge is 2.25. The van der Waals surface area contributed by atoms with Gasteiger partial charge in [-0.2, -0.15) is 0 Å². The first-order chi connectivity index (χ1) is 12.9. The molecule has 0 saturated heterocycles. The van der Waals surface area contributed by atoms with E-state index in [-0.39, 0.29) is 27.3 Å². The van der Waals surface area contributed by atoms with E-state index in [9.17, 15) is 13.2 Å². The standard InChI is InChI=1S/C20H19ClN2O3S/c1-2-14-3-6-17(7-4-14)27(25,26)23-19-8-5-16(21)13-18(19)20(24)15-9-11-22-12-10-15/h3-4,6-13,16,23H,2,5H2,1H3. The highest BCUT2D eigenvalue weighted by molar-refractivity contribution is 7.89. The van der Waals surface area contributed by atoms with E-state index < -0.39 is 10.0 Å². The van der Waals surface area contributed by atoms with E-state index in [1.807, 2.05) is 6.92 Å². The molecule has 0 radical (unpaired) electrons. The van der Waals surface area contributed by atoms with Gasteiger partial charge in [-0.3, -0.25) is 14.5 Å². The Morgan fingerprint density at radius 1 is 1.19 bits per heavy atom. The molecule has 0 bridgehead atoms. The molecule has 1 N–H and O–H groups in total. The van der Waals surface area contributed by atoms with Gasteiger partial charge in [-0.05, 0) is 42.7 Å². The van der Waals surface area contributed by atoms with Crippen molar-refractivity contribution in [1.82, 2.24) is 9.71 Å². The minimum Gasteiger partial charge on any atom is -0.289 e. The fourth-order valence-electron chi connectivity index (χ4n) is 2.74. The quantitative estimate of drug-likeness (QED) is 0.591. The Kier molecular flexibility index (Phi) is 5.77. The molecule has 7 heteroatoms. The number of sulfonamides is 1. The first kappa shape index (κ1) is 19.3. The van der Waals surface area contributed by atoms with Gasteiger partial charge in [0.15, 0.2) is 5.78 Å². The van der Waals surface area contributed by atoms with Gasteiger partial charge in [0, 0.05) is 23.5 Å². The van der Waals surface area contributed by atoms with Crippen molar-refractivity contribution in [3.8, 4) is 0 Å². The highest BCUT2D eigenvalue weighted by Crippen LogP contribution is 2.25. The molecule has 1 aliphatic rings. The Morgan fingerprint density at radius 3 is 2.48 bits per heavy atom. The SMILES string of the molecule is CCc1ccc(S(=O)(=O)NC2=CCC(Cl)C=C2C(=O)c2ccncc2)cc1. The average molecular weight is 403 g/mol. The average Bonchev–Trinajstić information content (AvgIpc) is 2.69. The number of halogens is 1. The van der Waals surface area contributed by atoms with Crippen LogP contribution < -0.4 is 4.72 Å². The van der Waals surface area contributed by atoms with E-state index in [4.69, 9.17) is 11.6 Å². The van der Waals surface area contributed by atoms with Gasteiger partial charge in [0.2, 0.25) is 0 Å². The zero-order valence-electron chi connectivity index (χ0n) is 14.7. The molecule has 1 atom stereocenters. The highest BCUT2D eigenvalue weighted by atomic mass is 35.5. The van der Waals surface area contributed by atoms with Crippen molar-refractivity contribution in [3.05, 3.63) is 83.3 Å². The molecule has 27 heavy (non-hydrogen) atoms. The van der Waals surface area contributed by atoms with Crippen LogP contribution in [0.4, 0.5) is 0 Å². The number of hydrogen-bond acceptors (Lipinski definition) is 4. The summed E-state index contributed by atoms with van der Waals surface area (Å²) < 4.78 is 28.0. The third kappa shape index (κ3) is 4.46. The Hall–Kier alpha value is -2.44. The van der Waals surface area contributed by atoms with Crippen LogP contribution in [0.3, 0.4) is 0 Å². The molecule has 1 unspecified atom stereocenters. The molecule has 140 valence electrons. The summed E-state index contributed by atoms with van der Waals surface area (Å²) >= 11 is 6.17. The Labute approximate surface area is 163 Å². The maximum atomic E-state index is 12.8. The molecule has 0 amide bonds. The number of carbonyl (C=O) groups excluding carboxylic acids is 1. The number of Topliss-reactive ketones (excluding diaryl/α,β-unsaturated/α-hetero) is 1. The second-order valence-corrected chi connectivity index (χ2v) is 8.36. The van der Waals surface area contributed by atoms with Crippen LogP contribution in [-0.4, -0.2) is 24.6 Å². The zero-order chi connectivity index (χ0) is 19.4. The summed E-state index contributed by atoms with van der Waals surface area (Å²) in [5.74, 6) is -0.307. The van der Waals surface area contributed by atoms with Crippen molar-refractivity contribution >= 4 is 27.4 Å². The van der Waals surface area contributed by atoms with Crippen LogP contribution >= 0.6 is 11.6 Å². The van der Waals surface area contributed by atoms with Gasteiger partial charge >= 0.3 is 0 Å². The molecule has 1 aromatic heterocycles. The first-order valence-corrected chi connectivity index (χ1v) is 10.5. The lowest BCUT2D eigenvalue weighted by Gasteiger charge is -2.19. The Morgan fingerprint density at radius 2 is 1.85 bits per heavy atom. The number of aromatic nitrogens is 1. The summed E-state index contributed by atoms with van der Waals surface area (Å²) in [6, 6.07) is 9.83. The molecule has 0 aliphatic heterocycles. The maximum absolute atomic E-state index is 12.8. The molecule has 3 rings (SSSR count). The van der Waals surface area contributed by atoms with E-state index in [1.165, 1.54) is 12.4 Å². The first-order valence-electron chi connectivity index (χ1n) is 8.53. The molecule has 1 heterocycles. The fraction of sp³-hybridized carbons (Fsp3) is 0.200. The number of alkyl halides is 1. The number of nitrogens with one attached hydrogen (secondary N) is 1. The molecule has 5 nitrogen and oxygen atoms in total. The number of aryl methyl sites for hydroxylation is 1. The largest absolute Gasteiger partial charge is 0.289 e. The summed E-state index contributed by atoms with van der Waals surface area (Å²) in [4.78, 5) is 16.9. The number of pyridine rings is 1. The van der Waals surface area contributed by atoms with Crippen molar-refractivity contribution < 1.29 is 13.2 Å². The molecular weight excluding hydrogens is 384 g/mol. The number of ketones is 1. The summed E-state index contributed by atoms with van der Waals surface area (Å²) in [7, 11) is -3.82. The van der Waals surface area contributed by atoms with Crippen LogP contribution in [0.25, 0.3) is 0 Å². The number of nitrogens with zero attached hydrogens (tertiary/aromatic N) is 1. The van der Waals surface area contributed by atoms with Crippen LogP contribution in [0.1, 0.15) is 29.3 Å². The second-order valence-electron chi connectivity index (χ2n) is 6.12. The van der Waals surface area contributed by atoms with E-state index in [1.54, 1.807) is 48.6 Å². The molecule has 2 aromatic rings. The van der Waals surface area contributed by atoms with Crippen molar-refractivity contribution in [2.45, 2.75) is 30.0 Å². The van der Waals surface area contributed by atoms with Crippen LogP contribution in [-0.2, 0) is 16.4 Å². The lowest BCUT2D eigenvalue weighted by atomic mass is 9.96. The molecule has 1 aliphatic carbocycles. The van der Waals surface area contributed by atoms with Gasteiger partial charge in [0.25, 0.3) is 10.0 Å². The normalized spacial score (nSPS) is 17.0. The van der Waals surface area contributed by atoms with Gasteiger partial charge in [-0.15, -0.1) is 11.6 Å². The second kappa shape index (κ2) is 8.06. The number of rotatable bonds is 6. The van der Waals surface area contributed by atoms with E-state index >= 15 is 0 Å². The summed E-state index contributed by atoms with van der Waals surface area (Å²) in [6.07, 6.45) is 7.51. The predicted octanol–water partition coefficient (Wildman–Crippen LogP) is 3.63. The van der Waals surface area contributed by atoms with Gasteiger partial charge < -0.3 is 0 Å². The lowest BCUT2D eigenvalue weighted by Crippen LogP contribution is -2.28. The monoisotopic (exact) mass is 402 g/mol. The number of carbonyl (C=O) groups is 1. The van der Waals surface area contributed by atoms with Crippen LogP contribution in [0, 0.1) is 0 Å². The predicted molar refractivity (Wildman–Crippen MR) is 105 cm³/mol. The molecule has 1 aromatic carbocycles. The van der Waals surface area contributed by atoms with Gasteiger partial charge in [0.05, 0.1) is 16.0 Å². The molecule has 0 saturated carbocycles. The zero-order valence-corrected chi connectivity index (χ0v) is 16.3. The minimum atomic E-state index is -3.82. The van der Waals surface area contributed by atoms with E-state index in [2.05, 4.69) is 9.71 Å². The van der Waals surface area contributed by atoms with Crippen molar-refractivity contribution in [3.63, 3.8) is 0 Å². The molecule has 0 spiro atoms. The van der Waals surface area contributed by atoms with Gasteiger partial charge in [-0.25, -0.2) is 8.42 Å². The van der Waals surface area contributed by atoms with E-state index in [0.29, 0.717) is 12.0 Å². The summed E-state index contributed by atoms with van der Waals surface area (Å²) in [6.45, 7) is 2.00. The number of hydrogen-bond donors (Lipinski definition) is 1. The summed E-state index contributed by atoms with van der Waals surface area (Å²) in [5, 5.41) is -0.372. The van der Waals surface area contributed by atoms with Crippen LogP contribution in [0.15, 0.2) is 77.1 Å². The minimum absolute atomic E-state index is 0.143. The number of allylic oxidation sites excluding steroid dienone is 3. The summed E-state index contributed by atoms with van der Waals surface area (Å²) in [5.41, 5.74) is 1.94. The van der Waals surface area contributed by atoms with Crippen LogP contribution in [0.5, 0.6) is 0 Å². The van der Waals surface area contributed by atoms with Crippen LogP contribution in [0.2, 0.25) is 0 Å². The third-order valence-corrected chi connectivity index (χ3v) is 5.94. The van der Waals surface area contributed by atoms with Crippen molar-refractivity contribution in [2.75, 3.05) is 0 Å². The van der Waals surface area contributed by atoms with E-state index in [0.717, 1.165) is 12.0 Å². The molecular formula is C20H19ClN2O3S. The maximum Gasteiger partial charge on any atom is 0.261 e. The smallest absolute Gasteiger partial charge is 0.261 e. The third-order valence-electron chi connectivity index (χ3n) is 4.26. The van der Waals surface area contributed by atoms with Gasteiger partial charge in [-0.1, -0.05) is 31.2 Å². The lowest BCUT2D eigenvalue weighted by molar-refractivity contribution is 0.103. The van der Waals surface area contributed by atoms with Gasteiger partial charge in [0.1, 0.15) is 0 Å². The Balaban J connectivity index is 1.89.